The number of rotatable bonds is 2. The summed E-state index contributed by atoms with van der Waals surface area (Å²) in [5.74, 6) is -0.968. The Kier molecular flexibility index (Phi) is 5.82. The second-order valence-corrected chi connectivity index (χ2v) is 8.59. The number of amides is 2. The van der Waals surface area contributed by atoms with E-state index in [1.54, 1.807) is 4.90 Å². The van der Waals surface area contributed by atoms with Gasteiger partial charge < -0.3 is 14.9 Å². The summed E-state index contributed by atoms with van der Waals surface area (Å²) >= 11 is 12.0. The normalized spacial score (nSPS) is 23.0. The number of alkyl halides is 3. The van der Waals surface area contributed by atoms with Gasteiger partial charge in [0.25, 0.3) is 5.91 Å². The van der Waals surface area contributed by atoms with Gasteiger partial charge in [0.2, 0.25) is 5.91 Å². The molecule has 1 aliphatic heterocycles. The number of pyridine rings is 1. The highest BCUT2D eigenvalue weighted by Gasteiger charge is 2.38. The van der Waals surface area contributed by atoms with Crippen LogP contribution in [0.2, 0.25) is 10.2 Å². The summed E-state index contributed by atoms with van der Waals surface area (Å²) in [5.41, 5.74) is -2.01. The number of aliphatic hydroxyl groups is 1. The summed E-state index contributed by atoms with van der Waals surface area (Å²) in [4.78, 5) is 32.4. The van der Waals surface area contributed by atoms with Crippen LogP contribution in [-0.2, 0) is 11.0 Å². The average molecular weight is 479 g/mol. The van der Waals surface area contributed by atoms with Crippen LogP contribution in [0, 0.1) is 0 Å². The van der Waals surface area contributed by atoms with E-state index < -0.39 is 23.3 Å². The Bertz CT molecular complexity index is 1030. The Labute approximate surface area is 185 Å². The zero-order valence-electron chi connectivity index (χ0n) is 16.2. The summed E-state index contributed by atoms with van der Waals surface area (Å²) in [5, 5.41) is 9.14. The van der Waals surface area contributed by atoms with Crippen LogP contribution in [0.1, 0.15) is 41.7 Å². The molecular weight excluding hydrogens is 460 g/mol. The van der Waals surface area contributed by atoms with Crippen molar-refractivity contribution in [1.82, 2.24) is 19.2 Å². The number of halogens is 5. The summed E-state index contributed by atoms with van der Waals surface area (Å²) in [7, 11) is 0. The van der Waals surface area contributed by atoms with Gasteiger partial charge in [0, 0.05) is 25.3 Å². The summed E-state index contributed by atoms with van der Waals surface area (Å²) in [6.45, 7) is 0.297. The minimum absolute atomic E-state index is 0.0171. The third kappa shape index (κ3) is 4.20. The lowest BCUT2D eigenvalue weighted by Crippen LogP contribution is -2.56. The Balaban J connectivity index is 1.56. The van der Waals surface area contributed by atoms with Gasteiger partial charge in [-0.3, -0.25) is 14.0 Å². The Morgan fingerprint density at radius 1 is 1.16 bits per heavy atom. The molecule has 2 aromatic heterocycles. The molecule has 0 radical (unpaired) electrons. The molecule has 2 aliphatic rings. The van der Waals surface area contributed by atoms with Crippen molar-refractivity contribution in [1.29, 1.82) is 0 Å². The van der Waals surface area contributed by atoms with Gasteiger partial charge in [0.15, 0.2) is 11.3 Å². The van der Waals surface area contributed by atoms with Gasteiger partial charge in [-0.15, -0.1) is 0 Å². The molecule has 0 atom stereocenters. The van der Waals surface area contributed by atoms with E-state index >= 15 is 0 Å². The average Bonchev–Trinajstić information content (AvgIpc) is 3.03. The quantitative estimate of drug-likeness (QED) is 0.718. The SMILES string of the molecule is O=C(c1nc2c(C(F)(F)F)cc(Cl)cn2c1Cl)N1CCN(C2CCC(O)CC2)C(=O)C1. The predicted molar refractivity (Wildman–Crippen MR) is 106 cm³/mol. The van der Waals surface area contributed by atoms with Crippen LogP contribution < -0.4 is 0 Å². The molecule has 4 rings (SSSR count). The molecule has 1 aliphatic carbocycles. The summed E-state index contributed by atoms with van der Waals surface area (Å²) < 4.78 is 41.0. The lowest BCUT2D eigenvalue weighted by atomic mass is 9.91. The topological polar surface area (TPSA) is 78.2 Å². The van der Waals surface area contributed by atoms with Crippen LogP contribution in [0.4, 0.5) is 13.2 Å². The van der Waals surface area contributed by atoms with Crippen LogP contribution in [0.3, 0.4) is 0 Å². The molecule has 3 heterocycles. The van der Waals surface area contributed by atoms with Crippen LogP contribution in [0.15, 0.2) is 12.3 Å². The molecule has 168 valence electrons. The van der Waals surface area contributed by atoms with E-state index in [0.717, 1.165) is 16.7 Å². The number of carbonyl (C=O) groups is 2. The molecule has 1 N–H and O–H groups in total. The molecule has 1 saturated carbocycles. The first-order valence-electron chi connectivity index (χ1n) is 9.77. The molecule has 2 fully saturated rings. The van der Waals surface area contributed by atoms with E-state index in [-0.39, 0.29) is 47.0 Å². The van der Waals surface area contributed by atoms with Gasteiger partial charge >= 0.3 is 6.18 Å². The largest absolute Gasteiger partial charge is 0.420 e. The third-order valence-corrected chi connectivity index (χ3v) is 6.36. The fourth-order valence-corrected chi connectivity index (χ4v) is 4.65. The van der Waals surface area contributed by atoms with E-state index in [1.807, 2.05) is 0 Å². The first-order valence-corrected chi connectivity index (χ1v) is 10.5. The minimum Gasteiger partial charge on any atom is -0.393 e. The van der Waals surface area contributed by atoms with Crippen molar-refractivity contribution in [3.63, 3.8) is 0 Å². The Hall–Kier alpha value is -2.04. The number of nitrogens with zero attached hydrogens (tertiary/aromatic N) is 4. The van der Waals surface area contributed by atoms with Crippen LogP contribution in [-0.4, -0.2) is 67.9 Å². The van der Waals surface area contributed by atoms with Gasteiger partial charge in [-0.1, -0.05) is 23.2 Å². The molecule has 0 aromatic carbocycles. The minimum atomic E-state index is -4.74. The maximum atomic E-state index is 13.4. The van der Waals surface area contributed by atoms with Crippen molar-refractivity contribution in [3.8, 4) is 0 Å². The van der Waals surface area contributed by atoms with E-state index in [2.05, 4.69) is 4.98 Å². The molecule has 0 unspecified atom stereocenters. The molecule has 2 aromatic rings. The summed E-state index contributed by atoms with van der Waals surface area (Å²) in [6, 6.07) is 0.737. The maximum Gasteiger partial charge on any atom is 0.420 e. The molecular formula is C19H19Cl2F3N4O3. The highest BCUT2D eigenvalue weighted by atomic mass is 35.5. The Morgan fingerprint density at radius 3 is 2.45 bits per heavy atom. The lowest BCUT2D eigenvalue weighted by molar-refractivity contribution is -0.139. The zero-order chi connectivity index (χ0) is 22.5. The third-order valence-electron chi connectivity index (χ3n) is 5.79. The van der Waals surface area contributed by atoms with Crippen LogP contribution in [0.5, 0.6) is 0 Å². The van der Waals surface area contributed by atoms with E-state index in [9.17, 15) is 27.9 Å². The van der Waals surface area contributed by atoms with Gasteiger partial charge in [-0.2, -0.15) is 13.2 Å². The van der Waals surface area contributed by atoms with Gasteiger partial charge in [0.1, 0.15) is 17.3 Å². The van der Waals surface area contributed by atoms with Crippen molar-refractivity contribution in [2.75, 3.05) is 19.6 Å². The fourth-order valence-electron chi connectivity index (χ4n) is 4.19. The molecule has 0 bridgehead atoms. The summed E-state index contributed by atoms with van der Waals surface area (Å²) in [6.07, 6.45) is -1.30. The number of fused-ring (bicyclic) bond motifs is 1. The zero-order valence-corrected chi connectivity index (χ0v) is 17.7. The van der Waals surface area contributed by atoms with Gasteiger partial charge in [-0.05, 0) is 31.7 Å². The van der Waals surface area contributed by atoms with Crippen molar-refractivity contribution in [2.45, 2.75) is 44.0 Å². The second kappa shape index (κ2) is 8.14. The molecule has 12 heteroatoms. The number of aliphatic hydroxyl groups excluding tert-OH is 1. The number of carbonyl (C=O) groups excluding carboxylic acids is 2. The number of aromatic nitrogens is 2. The second-order valence-electron chi connectivity index (χ2n) is 7.79. The highest BCUT2D eigenvalue weighted by molar-refractivity contribution is 6.33. The van der Waals surface area contributed by atoms with Crippen molar-refractivity contribution in [2.24, 2.45) is 0 Å². The molecule has 7 nitrogen and oxygen atoms in total. The van der Waals surface area contributed by atoms with E-state index in [1.165, 1.54) is 4.90 Å². The standard InChI is InChI=1S/C19H19Cl2F3N4O3/c20-10-7-13(19(22,23)24)17-25-15(16(21)28(17)8-10)18(31)26-5-6-27(14(30)9-26)11-1-3-12(29)4-2-11/h7-8,11-12,29H,1-6,9H2. The van der Waals surface area contributed by atoms with Crippen molar-refractivity contribution < 1.29 is 27.9 Å². The molecule has 0 spiro atoms. The maximum absolute atomic E-state index is 13.4. The van der Waals surface area contributed by atoms with E-state index in [4.69, 9.17) is 23.2 Å². The first kappa shape index (κ1) is 22.2. The number of imidazole rings is 1. The molecule has 2 amide bonds. The highest BCUT2D eigenvalue weighted by Crippen LogP contribution is 2.36. The number of piperazine rings is 1. The monoisotopic (exact) mass is 478 g/mol. The lowest BCUT2D eigenvalue weighted by Gasteiger charge is -2.41. The van der Waals surface area contributed by atoms with Gasteiger partial charge in [0.05, 0.1) is 11.1 Å². The Morgan fingerprint density at radius 2 is 1.84 bits per heavy atom. The van der Waals surface area contributed by atoms with E-state index in [0.29, 0.717) is 32.2 Å². The fraction of sp³-hybridized carbons (Fsp3) is 0.526. The number of hydrogen-bond acceptors (Lipinski definition) is 4. The van der Waals surface area contributed by atoms with Gasteiger partial charge in [-0.25, -0.2) is 4.98 Å². The molecule has 1 saturated heterocycles. The number of hydrogen-bond donors (Lipinski definition) is 1. The first-order chi connectivity index (χ1) is 14.6. The van der Waals surface area contributed by atoms with Crippen LogP contribution >= 0.6 is 23.2 Å². The van der Waals surface area contributed by atoms with Crippen molar-refractivity contribution in [3.05, 3.63) is 33.7 Å². The van der Waals surface area contributed by atoms with Crippen LogP contribution in [0.25, 0.3) is 5.65 Å². The smallest absolute Gasteiger partial charge is 0.393 e. The predicted octanol–water partition coefficient (Wildman–Crippen LogP) is 3.25. The molecule has 31 heavy (non-hydrogen) atoms. The van der Waals surface area contributed by atoms with Crippen molar-refractivity contribution >= 4 is 40.7 Å².